The molecule has 0 spiro atoms. The maximum Gasteiger partial charge on any atom is 0.137 e. The molecule has 1 fully saturated rings. The summed E-state index contributed by atoms with van der Waals surface area (Å²) in [6.45, 7) is 0.694. The summed E-state index contributed by atoms with van der Waals surface area (Å²) in [6.07, 6.45) is 6.03. The third-order valence-electron chi connectivity index (χ3n) is 4.00. The van der Waals surface area contributed by atoms with Gasteiger partial charge in [0.1, 0.15) is 12.7 Å². The van der Waals surface area contributed by atoms with E-state index >= 15 is 0 Å². The van der Waals surface area contributed by atoms with E-state index in [1.54, 1.807) is 11.0 Å². The van der Waals surface area contributed by atoms with Crippen LogP contribution in [0.15, 0.2) is 36.9 Å². The Kier molecular flexibility index (Phi) is 3.29. The molecule has 1 aliphatic rings. The van der Waals surface area contributed by atoms with Gasteiger partial charge >= 0.3 is 0 Å². The second-order valence-corrected chi connectivity index (χ2v) is 5.57. The molecule has 0 bridgehead atoms. The van der Waals surface area contributed by atoms with Crippen molar-refractivity contribution in [3.63, 3.8) is 0 Å². The largest absolute Gasteiger partial charge is 0.385 e. The lowest BCUT2D eigenvalue weighted by Crippen LogP contribution is -2.33. The molecule has 1 saturated carbocycles. The number of benzene rings is 1. The van der Waals surface area contributed by atoms with Gasteiger partial charge in [-0.2, -0.15) is 5.10 Å². The first-order chi connectivity index (χ1) is 9.18. The summed E-state index contributed by atoms with van der Waals surface area (Å²) in [7, 11) is 0. The number of aromatic nitrogens is 3. The highest BCUT2D eigenvalue weighted by Gasteiger charge is 2.42. The van der Waals surface area contributed by atoms with Crippen LogP contribution >= 0.6 is 11.6 Å². The first-order valence-corrected chi connectivity index (χ1v) is 6.87. The van der Waals surface area contributed by atoms with Gasteiger partial charge in [0.15, 0.2) is 0 Å². The summed E-state index contributed by atoms with van der Waals surface area (Å²) >= 11 is 5.91. The van der Waals surface area contributed by atoms with Crippen molar-refractivity contribution in [2.24, 2.45) is 5.92 Å². The zero-order valence-corrected chi connectivity index (χ0v) is 11.3. The first kappa shape index (κ1) is 12.6. The maximum atomic E-state index is 11.0. The molecule has 1 N–H and O–H groups in total. The van der Waals surface area contributed by atoms with Gasteiger partial charge in [-0.3, -0.25) is 4.68 Å². The van der Waals surface area contributed by atoms with E-state index in [1.807, 2.05) is 24.3 Å². The fraction of sp³-hybridized carbons (Fsp3) is 0.429. The molecule has 1 aromatic heterocycles. The summed E-state index contributed by atoms with van der Waals surface area (Å²) in [6, 6.07) is 7.50. The van der Waals surface area contributed by atoms with E-state index < -0.39 is 5.60 Å². The van der Waals surface area contributed by atoms with Crippen LogP contribution in [0.2, 0.25) is 5.02 Å². The third-order valence-corrected chi connectivity index (χ3v) is 4.26. The quantitative estimate of drug-likeness (QED) is 0.938. The third kappa shape index (κ3) is 2.38. The lowest BCUT2D eigenvalue weighted by Gasteiger charge is -2.30. The molecule has 0 aliphatic heterocycles. The van der Waals surface area contributed by atoms with Crippen LogP contribution in [0, 0.1) is 5.92 Å². The minimum atomic E-state index is -0.781. The molecule has 19 heavy (non-hydrogen) atoms. The highest BCUT2D eigenvalue weighted by molar-refractivity contribution is 6.30. The van der Waals surface area contributed by atoms with E-state index in [1.165, 1.54) is 6.33 Å². The Bertz CT molecular complexity index is 540. The molecule has 1 aromatic carbocycles. The van der Waals surface area contributed by atoms with E-state index in [-0.39, 0.29) is 5.92 Å². The summed E-state index contributed by atoms with van der Waals surface area (Å²) in [5.41, 5.74) is 0.163. The molecule has 0 saturated heterocycles. The number of halogens is 1. The van der Waals surface area contributed by atoms with Gasteiger partial charge in [-0.25, -0.2) is 4.98 Å². The van der Waals surface area contributed by atoms with Crippen molar-refractivity contribution in [3.8, 4) is 0 Å². The van der Waals surface area contributed by atoms with Gasteiger partial charge in [0.2, 0.25) is 0 Å². The Morgan fingerprint density at radius 2 is 2.16 bits per heavy atom. The summed E-state index contributed by atoms with van der Waals surface area (Å²) in [4.78, 5) is 3.95. The van der Waals surface area contributed by atoms with Gasteiger partial charge in [-0.05, 0) is 37.0 Å². The lowest BCUT2D eigenvalue weighted by molar-refractivity contribution is -0.0102. The summed E-state index contributed by atoms with van der Waals surface area (Å²) in [5.74, 6) is 0.162. The van der Waals surface area contributed by atoms with Crippen LogP contribution < -0.4 is 0 Å². The molecule has 2 aromatic rings. The highest BCUT2D eigenvalue weighted by atomic mass is 35.5. The molecule has 3 rings (SSSR count). The van der Waals surface area contributed by atoms with Crippen molar-refractivity contribution in [1.29, 1.82) is 0 Å². The van der Waals surface area contributed by atoms with Crippen molar-refractivity contribution in [2.45, 2.75) is 31.4 Å². The van der Waals surface area contributed by atoms with Crippen LogP contribution in [-0.2, 0) is 12.1 Å². The highest BCUT2D eigenvalue weighted by Crippen LogP contribution is 2.44. The Morgan fingerprint density at radius 1 is 1.37 bits per heavy atom. The van der Waals surface area contributed by atoms with E-state index in [2.05, 4.69) is 10.1 Å². The molecule has 4 nitrogen and oxygen atoms in total. The minimum Gasteiger partial charge on any atom is -0.385 e. The number of rotatable bonds is 3. The molecule has 1 heterocycles. The maximum absolute atomic E-state index is 11.0. The van der Waals surface area contributed by atoms with Gasteiger partial charge in [-0.1, -0.05) is 23.7 Å². The van der Waals surface area contributed by atoms with Crippen LogP contribution in [0.5, 0.6) is 0 Å². The van der Waals surface area contributed by atoms with Gasteiger partial charge in [0.05, 0.1) is 5.60 Å². The lowest BCUT2D eigenvalue weighted by atomic mass is 9.84. The van der Waals surface area contributed by atoms with E-state index in [0.29, 0.717) is 11.6 Å². The minimum absolute atomic E-state index is 0.162. The fourth-order valence-corrected chi connectivity index (χ4v) is 3.10. The molecule has 5 heteroatoms. The monoisotopic (exact) mass is 277 g/mol. The number of nitrogens with zero attached hydrogens (tertiary/aromatic N) is 3. The van der Waals surface area contributed by atoms with Crippen LogP contribution in [0.4, 0.5) is 0 Å². The number of hydrogen-bond donors (Lipinski definition) is 1. The van der Waals surface area contributed by atoms with Crippen LogP contribution in [0.1, 0.15) is 24.8 Å². The van der Waals surface area contributed by atoms with Gasteiger partial charge in [0, 0.05) is 17.5 Å². The molecular weight excluding hydrogens is 262 g/mol. The molecule has 0 amide bonds. The molecule has 2 atom stereocenters. The van der Waals surface area contributed by atoms with Crippen LogP contribution in [0.25, 0.3) is 0 Å². The summed E-state index contributed by atoms with van der Waals surface area (Å²) < 4.78 is 1.79. The average molecular weight is 278 g/mol. The smallest absolute Gasteiger partial charge is 0.137 e. The van der Waals surface area contributed by atoms with Crippen molar-refractivity contribution in [3.05, 3.63) is 47.5 Å². The number of aliphatic hydroxyl groups is 1. The van der Waals surface area contributed by atoms with E-state index in [4.69, 9.17) is 11.6 Å². The van der Waals surface area contributed by atoms with Gasteiger partial charge in [-0.15, -0.1) is 0 Å². The number of hydrogen-bond acceptors (Lipinski definition) is 3. The van der Waals surface area contributed by atoms with Crippen LogP contribution in [-0.4, -0.2) is 19.9 Å². The summed E-state index contributed by atoms with van der Waals surface area (Å²) in [5, 5.41) is 15.8. The molecule has 2 unspecified atom stereocenters. The zero-order valence-electron chi connectivity index (χ0n) is 10.5. The topological polar surface area (TPSA) is 50.9 Å². The van der Waals surface area contributed by atoms with Crippen molar-refractivity contribution < 1.29 is 5.11 Å². The van der Waals surface area contributed by atoms with E-state index in [9.17, 15) is 5.11 Å². The standard InChI is InChI=1S/C14H16ClN3O/c15-13-5-3-11(4-6-13)14(19)7-1-2-12(14)8-18-10-16-9-17-18/h3-6,9-10,12,19H,1-2,7-8H2. The van der Waals surface area contributed by atoms with Crippen molar-refractivity contribution >= 4 is 11.6 Å². The predicted molar refractivity (Wildman–Crippen MR) is 72.7 cm³/mol. The second kappa shape index (κ2) is 4.94. The van der Waals surface area contributed by atoms with E-state index in [0.717, 1.165) is 24.8 Å². The Balaban J connectivity index is 1.86. The molecule has 0 radical (unpaired) electrons. The molecule has 100 valence electrons. The fourth-order valence-electron chi connectivity index (χ4n) is 2.97. The average Bonchev–Trinajstić information content (AvgIpc) is 3.03. The SMILES string of the molecule is OC1(c2ccc(Cl)cc2)CCCC1Cn1cncn1. The Labute approximate surface area is 117 Å². The van der Waals surface area contributed by atoms with Gasteiger partial charge in [0.25, 0.3) is 0 Å². The van der Waals surface area contributed by atoms with Gasteiger partial charge < -0.3 is 5.11 Å². The predicted octanol–water partition coefficient (Wildman–Crippen LogP) is 2.62. The molecular formula is C14H16ClN3O. The first-order valence-electron chi connectivity index (χ1n) is 6.49. The van der Waals surface area contributed by atoms with Crippen molar-refractivity contribution in [1.82, 2.24) is 14.8 Å². The van der Waals surface area contributed by atoms with Crippen LogP contribution in [0.3, 0.4) is 0 Å². The Morgan fingerprint density at radius 3 is 2.84 bits per heavy atom. The molecule has 1 aliphatic carbocycles. The Hall–Kier alpha value is -1.39. The second-order valence-electron chi connectivity index (χ2n) is 5.14. The zero-order chi connectivity index (χ0) is 13.3. The normalized spacial score (nSPS) is 26.7. The van der Waals surface area contributed by atoms with Crippen molar-refractivity contribution in [2.75, 3.05) is 0 Å².